The number of piperidine rings is 1. The first-order valence-corrected chi connectivity index (χ1v) is 6.08. The molecule has 1 aliphatic heterocycles. The van der Waals surface area contributed by atoms with Crippen LogP contribution in [0.15, 0.2) is 24.3 Å². The van der Waals surface area contributed by atoms with Gasteiger partial charge in [-0.15, -0.1) is 0 Å². The van der Waals surface area contributed by atoms with Crippen molar-refractivity contribution in [3.63, 3.8) is 0 Å². The van der Waals surface area contributed by atoms with Gasteiger partial charge < -0.3 is 10.6 Å². The van der Waals surface area contributed by atoms with E-state index in [1.54, 1.807) is 0 Å². The maximum absolute atomic E-state index is 12.1. The molecule has 0 spiro atoms. The first-order valence-electron chi connectivity index (χ1n) is 6.08. The Labute approximate surface area is 100 Å². The number of rotatable bonds is 4. The first kappa shape index (κ1) is 12.3. The van der Waals surface area contributed by atoms with Crippen LogP contribution < -0.4 is 10.6 Å². The number of anilines is 1. The highest BCUT2D eigenvalue weighted by atomic mass is 19.3. The van der Waals surface area contributed by atoms with Gasteiger partial charge in [-0.1, -0.05) is 12.1 Å². The molecule has 94 valence electrons. The van der Waals surface area contributed by atoms with Gasteiger partial charge in [-0.25, -0.2) is 8.78 Å². The quantitative estimate of drug-likeness (QED) is 0.845. The summed E-state index contributed by atoms with van der Waals surface area (Å²) in [6.07, 6.45) is -0.0612. The van der Waals surface area contributed by atoms with Crippen LogP contribution in [0.1, 0.15) is 24.3 Å². The molecule has 1 fully saturated rings. The molecule has 0 aliphatic carbocycles. The average Bonchev–Trinajstić information content (AvgIpc) is 2.38. The van der Waals surface area contributed by atoms with Crippen LogP contribution in [0, 0.1) is 0 Å². The van der Waals surface area contributed by atoms with Crippen LogP contribution >= 0.6 is 0 Å². The summed E-state index contributed by atoms with van der Waals surface area (Å²) in [7, 11) is 0. The molecular weight excluding hydrogens is 222 g/mol. The van der Waals surface area contributed by atoms with Gasteiger partial charge in [-0.3, -0.25) is 0 Å². The van der Waals surface area contributed by atoms with E-state index in [0.29, 0.717) is 5.92 Å². The van der Waals surface area contributed by atoms with E-state index in [1.807, 2.05) is 18.2 Å². The molecule has 1 aromatic carbocycles. The van der Waals surface area contributed by atoms with Gasteiger partial charge in [0.15, 0.2) is 0 Å². The Kier molecular flexibility index (Phi) is 4.31. The second-order valence-corrected chi connectivity index (χ2v) is 4.42. The van der Waals surface area contributed by atoms with Crippen molar-refractivity contribution in [2.24, 2.45) is 0 Å². The summed E-state index contributed by atoms with van der Waals surface area (Å²) in [6, 6.07) is 7.86. The highest BCUT2D eigenvalue weighted by Gasteiger charge is 2.15. The second-order valence-electron chi connectivity index (χ2n) is 4.42. The van der Waals surface area contributed by atoms with Crippen molar-refractivity contribution in [3.8, 4) is 0 Å². The van der Waals surface area contributed by atoms with Gasteiger partial charge in [-0.2, -0.15) is 0 Å². The number of hydrogen-bond donors (Lipinski definition) is 2. The zero-order valence-electron chi connectivity index (χ0n) is 9.76. The van der Waals surface area contributed by atoms with Crippen LogP contribution in [0.25, 0.3) is 0 Å². The lowest BCUT2D eigenvalue weighted by Gasteiger charge is -2.23. The standard InChI is InChI=1S/C13H18F2N2/c14-13(15)9-17-12-3-1-2-11(8-12)10-4-6-16-7-5-10/h1-3,8,10,13,16-17H,4-7,9H2. The molecule has 0 amide bonds. The summed E-state index contributed by atoms with van der Waals surface area (Å²) < 4.78 is 24.2. The van der Waals surface area contributed by atoms with E-state index < -0.39 is 6.43 Å². The van der Waals surface area contributed by atoms with Gasteiger partial charge in [0.05, 0.1) is 6.54 Å². The SMILES string of the molecule is FC(F)CNc1cccc(C2CCNCC2)c1. The molecule has 1 saturated heterocycles. The van der Waals surface area contributed by atoms with Crippen LogP contribution in [0.5, 0.6) is 0 Å². The van der Waals surface area contributed by atoms with E-state index in [-0.39, 0.29) is 6.54 Å². The summed E-state index contributed by atoms with van der Waals surface area (Å²) in [5.74, 6) is 0.560. The van der Waals surface area contributed by atoms with E-state index >= 15 is 0 Å². The minimum atomic E-state index is -2.31. The van der Waals surface area contributed by atoms with Crippen molar-refractivity contribution in [2.75, 3.05) is 25.0 Å². The highest BCUT2D eigenvalue weighted by Crippen LogP contribution is 2.26. The van der Waals surface area contributed by atoms with Gasteiger partial charge in [-0.05, 0) is 49.5 Å². The molecule has 1 aliphatic rings. The number of nitrogens with one attached hydrogen (secondary N) is 2. The van der Waals surface area contributed by atoms with Crippen LogP contribution in [-0.4, -0.2) is 26.1 Å². The van der Waals surface area contributed by atoms with Crippen molar-refractivity contribution in [1.29, 1.82) is 0 Å². The van der Waals surface area contributed by atoms with E-state index in [1.165, 1.54) is 5.56 Å². The maximum atomic E-state index is 12.1. The van der Waals surface area contributed by atoms with Crippen LogP contribution in [0.4, 0.5) is 14.5 Å². The lowest BCUT2D eigenvalue weighted by atomic mass is 9.90. The Morgan fingerprint density at radius 2 is 2.06 bits per heavy atom. The van der Waals surface area contributed by atoms with E-state index in [2.05, 4.69) is 16.7 Å². The first-order chi connectivity index (χ1) is 8.25. The Morgan fingerprint density at radius 1 is 1.29 bits per heavy atom. The van der Waals surface area contributed by atoms with E-state index in [4.69, 9.17) is 0 Å². The zero-order chi connectivity index (χ0) is 12.1. The predicted molar refractivity (Wildman–Crippen MR) is 65.8 cm³/mol. The molecular formula is C13H18F2N2. The summed E-state index contributed by atoms with van der Waals surface area (Å²) >= 11 is 0. The summed E-state index contributed by atoms with van der Waals surface area (Å²) in [6.45, 7) is 1.80. The molecule has 0 saturated carbocycles. The third-order valence-electron chi connectivity index (χ3n) is 3.16. The van der Waals surface area contributed by atoms with Crippen molar-refractivity contribution in [1.82, 2.24) is 5.32 Å². The molecule has 0 radical (unpaired) electrons. The van der Waals surface area contributed by atoms with Gasteiger partial charge in [0.2, 0.25) is 0 Å². The average molecular weight is 240 g/mol. The fraction of sp³-hybridized carbons (Fsp3) is 0.538. The Morgan fingerprint density at radius 3 is 2.76 bits per heavy atom. The zero-order valence-corrected chi connectivity index (χ0v) is 9.76. The smallest absolute Gasteiger partial charge is 0.255 e. The van der Waals surface area contributed by atoms with Gasteiger partial charge in [0, 0.05) is 5.69 Å². The molecule has 0 atom stereocenters. The van der Waals surface area contributed by atoms with Crippen LogP contribution in [-0.2, 0) is 0 Å². The molecule has 2 nitrogen and oxygen atoms in total. The fourth-order valence-electron chi connectivity index (χ4n) is 2.25. The van der Waals surface area contributed by atoms with Crippen molar-refractivity contribution < 1.29 is 8.78 Å². The number of halogens is 2. The minimum absolute atomic E-state index is 0.282. The summed E-state index contributed by atoms with van der Waals surface area (Å²) in [4.78, 5) is 0. The molecule has 17 heavy (non-hydrogen) atoms. The lowest BCUT2D eigenvalue weighted by Crippen LogP contribution is -2.26. The third-order valence-corrected chi connectivity index (χ3v) is 3.16. The van der Waals surface area contributed by atoms with Crippen molar-refractivity contribution >= 4 is 5.69 Å². The van der Waals surface area contributed by atoms with Crippen LogP contribution in [0.3, 0.4) is 0 Å². The third kappa shape index (κ3) is 3.66. The molecule has 0 aromatic heterocycles. The largest absolute Gasteiger partial charge is 0.379 e. The van der Waals surface area contributed by atoms with E-state index in [9.17, 15) is 8.78 Å². The van der Waals surface area contributed by atoms with Gasteiger partial charge in [0.1, 0.15) is 0 Å². The predicted octanol–water partition coefficient (Wildman–Crippen LogP) is 2.83. The molecule has 4 heteroatoms. The molecule has 1 aromatic rings. The molecule has 2 N–H and O–H groups in total. The lowest BCUT2D eigenvalue weighted by molar-refractivity contribution is 0.163. The number of hydrogen-bond acceptors (Lipinski definition) is 2. The minimum Gasteiger partial charge on any atom is -0.379 e. The molecule has 0 unspecified atom stereocenters. The van der Waals surface area contributed by atoms with Gasteiger partial charge >= 0.3 is 0 Å². The normalized spacial score (nSPS) is 17.4. The second kappa shape index (κ2) is 5.96. The fourth-order valence-corrected chi connectivity index (χ4v) is 2.25. The molecule has 0 bridgehead atoms. The number of benzene rings is 1. The van der Waals surface area contributed by atoms with Crippen LogP contribution in [0.2, 0.25) is 0 Å². The van der Waals surface area contributed by atoms with Crippen molar-refractivity contribution in [2.45, 2.75) is 25.2 Å². The topological polar surface area (TPSA) is 24.1 Å². The Balaban J connectivity index is 2.00. The van der Waals surface area contributed by atoms with Gasteiger partial charge in [0.25, 0.3) is 6.43 Å². The Hall–Kier alpha value is -1.16. The van der Waals surface area contributed by atoms with E-state index in [0.717, 1.165) is 31.6 Å². The molecule has 1 heterocycles. The molecule has 2 rings (SSSR count). The number of alkyl halides is 2. The monoisotopic (exact) mass is 240 g/mol. The van der Waals surface area contributed by atoms with Crippen molar-refractivity contribution in [3.05, 3.63) is 29.8 Å². The Bertz CT molecular complexity index is 349. The highest BCUT2D eigenvalue weighted by molar-refractivity contribution is 5.46. The summed E-state index contributed by atoms with van der Waals surface area (Å²) in [5.41, 5.74) is 2.05. The summed E-state index contributed by atoms with van der Waals surface area (Å²) in [5, 5.41) is 6.08. The maximum Gasteiger partial charge on any atom is 0.255 e.